The Morgan fingerprint density at radius 3 is 2.79 bits per heavy atom. The average Bonchev–Trinajstić information content (AvgIpc) is 3.46. The lowest BCUT2D eigenvalue weighted by Crippen LogP contribution is -1.94. The van der Waals surface area contributed by atoms with Crippen molar-refractivity contribution in [2.24, 2.45) is 0 Å². The van der Waals surface area contributed by atoms with Crippen LogP contribution in [-0.4, -0.2) is 17.0 Å². The van der Waals surface area contributed by atoms with E-state index in [1.807, 2.05) is 42.5 Å². The van der Waals surface area contributed by atoms with Crippen molar-refractivity contribution in [1.82, 2.24) is 10.2 Å². The summed E-state index contributed by atoms with van der Waals surface area (Å²) in [6, 6.07) is 16.5. The third kappa shape index (κ3) is 3.90. The zero-order valence-corrected chi connectivity index (χ0v) is 15.9. The highest BCUT2D eigenvalue weighted by Crippen LogP contribution is 2.35. The lowest BCUT2D eigenvalue weighted by atomic mass is 10.1. The number of nitrogens with zero attached hydrogens (tertiary/aromatic N) is 2. The Balaban J connectivity index is 1.24. The maximum absolute atomic E-state index is 6.01. The van der Waals surface area contributed by atoms with E-state index in [2.05, 4.69) is 10.2 Å². The Hall–Kier alpha value is -3.45. The SMILES string of the molecule is Clc1cccc(Cc2nnc(-c3ccc(COc4ccc5c(c4)OCO5)o3)o2)c1. The van der Waals surface area contributed by atoms with E-state index in [-0.39, 0.29) is 13.4 Å². The number of hydrogen-bond donors (Lipinski definition) is 0. The fourth-order valence-electron chi connectivity index (χ4n) is 2.94. The van der Waals surface area contributed by atoms with E-state index in [0.29, 0.717) is 52.0 Å². The molecule has 2 aromatic heterocycles. The zero-order valence-electron chi connectivity index (χ0n) is 15.1. The summed E-state index contributed by atoms with van der Waals surface area (Å²) in [5, 5.41) is 8.81. The quantitative estimate of drug-likeness (QED) is 0.448. The van der Waals surface area contributed by atoms with Crippen molar-refractivity contribution >= 4 is 11.6 Å². The van der Waals surface area contributed by atoms with Gasteiger partial charge in [-0.1, -0.05) is 23.7 Å². The minimum absolute atomic E-state index is 0.226. The fourth-order valence-corrected chi connectivity index (χ4v) is 3.15. The van der Waals surface area contributed by atoms with Crippen LogP contribution < -0.4 is 14.2 Å². The van der Waals surface area contributed by atoms with Crippen LogP contribution in [-0.2, 0) is 13.0 Å². The first-order valence-corrected chi connectivity index (χ1v) is 9.29. The summed E-state index contributed by atoms with van der Waals surface area (Å²) in [5.74, 6) is 3.96. The largest absolute Gasteiger partial charge is 0.486 e. The van der Waals surface area contributed by atoms with Crippen molar-refractivity contribution in [3.63, 3.8) is 0 Å². The highest BCUT2D eigenvalue weighted by atomic mass is 35.5. The molecule has 0 bridgehead atoms. The summed E-state index contributed by atoms with van der Waals surface area (Å²) in [5.41, 5.74) is 0.991. The molecule has 29 heavy (non-hydrogen) atoms. The minimum Gasteiger partial charge on any atom is -0.486 e. The van der Waals surface area contributed by atoms with Gasteiger partial charge in [0, 0.05) is 11.1 Å². The maximum Gasteiger partial charge on any atom is 0.283 e. The third-order valence-corrected chi connectivity index (χ3v) is 4.54. The highest BCUT2D eigenvalue weighted by Gasteiger charge is 2.16. The number of ether oxygens (including phenoxy) is 3. The molecular weight excluding hydrogens is 396 g/mol. The lowest BCUT2D eigenvalue weighted by molar-refractivity contribution is 0.173. The van der Waals surface area contributed by atoms with Gasteiger partial charge in [0.15, 0.2) is 17.3 Å². The first-order valence-electron chi connectivity index (χ1n) is 8.91. The number of halogens is 1. The predicted octanol–water partition coefficient (Wildman–Crippen LogP) is 4.88. The molecule has 0 spiro atoms. The summed E-state index contributed by atoms with van der Waals surface area (Å²) in [6.45, 7) is 0.479. The molecule has 0 N–H and O–H groups in total. The number of aromatic nitrogens is 2. The van der Waals surface area contributed by atoms with Crippen LogP contribution in [0.4, 0.5) is 0 Å². The Morgan fingerprint density at radius 1 is 0.931 bits per heavy atom. The van der Waals surface area contributed by atoms with Crippen molar-refractivity contribution in [3.05, 3.63) is 76.8 Å². The third-order valence-electron chi connectivity index (χ3n) is 4.31. The molecule has 0 amide bonds. The Bertz CT molecular complexity index is 1150. The number of benzene rings is 2. The Labute approximate surface area is 170 Å². The Kier molecular flexibility index (Phi) is 4.57. The van der Waals surface area contributed by atoms with Gasteiger partial charge in [-0.2, -0.15) is 0 Å². The van der Waals surface area contributed by atoms with Crippen molar-refractivity contribution < 1.29 is 23.0 Å². The van der Waals surface area contributed by atoms with Gasteiger partial charge in [0.05, 0.1) is 6.42 Å². The van der Waals surface area contributed by atoms with E-state index >= 15 is 0 Å². The normalized spacial score (nSPS) is 12.3. The molecule has 3 heterocycles. The van der Waals surface area contributed by atoms with Crippen LogP contribution >= 0.6 is 11.6 Å². The molecule has 0 aliphatic carbocycles. The molecule has 4 aromatic rings. The van der Waals surface area contributed by atoms with E-state index in [0.717, 1.165) is 5.56 Å². The first-order chi connectivity index (χ1) is 14.2. The fraction of sp³-hybridized carbons (Fsp3) is 0.143. The molecule has 2 aromatic carbocycles. The van der Waals surface area contributed by atoms with Crippen LogP contribution in [0.3, 0.4) is 0 Å². The highest BCUT2D eigenvalue weighted by molar-refractivity contribution is 6.30. The minimum atomic E-state index is 0.226. The van der Waals surface area contributed by atoms with Crippen molar-refractivity contribution in [1.29, 1.82) is 0 Å². The molecule has 0 atom stereocenters. The van der Waals surface area contributed by atoms with Gasteiger partial charge >= 0.3 is 0 Å². The molecule has 8 heteroatoms. The number of rotatable bonds is 6. The van der Waals surface area contributed by atoms with Crippen LogP contribution in [0, 0.1) is 0 Å². The lowest BCUT2D eigenvalue weighted by Gasteiger charge is -2.04. The van der Waals surface area contributed by atoms with E-state index < -0.39 is 0 Å². The Morgan fingerprint density at radius 2 is 1.86 bits per heavy atom. The second kappa shape index (κ2) is 7.52. The summed E-state index contributed by atoms with van der Waals surface area (Å²) in [4.78, 5) is 0. The van der Waals surface area contributed by atoms with Gasteiger partial charge < -0.3 is 23.0 Å². The zero-order chi connectivity index (χ0) is 19.6. The van der Waals surface area contributed by atoms with Crippen molar-refractivity contribution in [3.8, 4) is 28.9 Å². The molecule has 0 unspecified atom stereocenters. The van der Waals surface area contributed by atoms with E-state index in [1.165, 1.54) is 0 Å². The number of fused-ring (bicyclic) bond motifs is 1. The molecule has 0 radical (unpaired) electrons. The maximum atomic E-state index is 6.01. The molecule has 0 fully saturated rings. The van der Waals surface area contributed by atoms with Crippen LogP contribution in [0.25, 0.3) is 11.7 Å². The topological polar surface area (TPSA) is 79.8 Å². The standard InChI is InChI=1S/C21H15ClN2O5/c22-14-3-1-2-13(8-14)9-20-23-24-21(29-20)18-7-5-16(28-18)11-25-15-4-6-17-19(10-15)27-12-26-17/h1-8,10H,9,11-12H2. The summed E-state index contributed by atoms with van der Waals surface area (Å²) >= 11 is 6.01. The molecular formula is C21H15ClN2O5. The first kappa shape index (κ1) is 17.6. The van der Waals surface area contributed by atoms with Gasteiger partial charge in [0.1, 0.15) is 18.1 Å². The van der Waals surface area contributed by atoms with Crippen molar-refractivity contribution in [2.75, 3.05) is 6.79 Å². The van der Waals surface area contributed by atoms with Gasteiger partial charge in [0.25, 0.3) is 5.89 Å². The molecule has 146 valence electrons. The molecule has 5 rings (SSSR count). The smallest absolute Gasteiger partial charge is 0.283 e. The van der Waals surface area contributed by atoms with E-state index in [1.54, 1.807) is 12.1 Å². The van der Waals surface area contributed by atoms with Crippen LogP contribution in [0.1, 0.15) is 17.2 Å². The van der Waals surface area contributed by atoms with Gasteiger partial charge in [0.2, 0.25) is 12.7 Å². The van der Waals surface area contributed by atoms with Gasteiger partial charge in [-0.15, -0.1) is 10.2 Å². The number of hydrogen-bond acceptors (Lipinski definition) is 7. The molecule has 1 aliphatic heterocycles. The number of furan rings is 1. The van der Waals surface area contributed by atoms with E-state index in [9.17, 15) is 0 Å². The predicted molar refractivity (Wildman–Crippen MR) is 103 cm³/mol. The van der Waals surface area contributed by atoms with Crippen LogP contribution in [0.5, 0.6) is 17.2 Å². The molecule has 7 nitrogen and oxygen atoms in total. The van der Waals surface area contributed by atoms with Gasteiger partial charge in [-0.25, -0.2) is 0 Å². The van der Waals surface area contributed by atoms with Crippen molar-refractivity contribution in [2.45, 2.75) is 13.0 Å². The average molecular weight is 411 g/mol. The molecule has 0 saturated heterocycles. The van der Waals surface area contributed by atoms with E-state index in [4.69, 9.17) is 34.6 Å². The second-order valence-electron chi connectivity index (χ2n) is 6.38. The molecule has 1 aliphatic rings. The monoisotopic (exact) mass is 410 g/mol. The van der Waals surface area contributed by atoms with Crippen LogP contribution in [0.15, 0.2) is 63.4 Å². The van der Waals surface area contributed by atoms with Gasteiger partial charge in [-0.3, -0.25) is 0 Å². The summed E-state index contributed by atoms with van der Waals surface area (Å²) in [7, 11) is 0. The van der Waals surface area contributed by atoms with Gasteiger partial charge in [-0.05, 0) is 42.0 Å². The summed E-state index contributed by atoms with van der Waals surface area (Å²) in [6.07, 6.45) is 0.494. The summed E-state index contributed by atoms with van der Waals surface area (Å²) < 4.78 is 27.9. The van der Waals surface area contributed by atoms with Crippen LogP contribution in [0.2, 0.25) is 5.02 Å². The molecule has 0 saturated carbocycles. The second-order valence-corrected chi connectivity index (χ2v) is 6.81.